The highest BCUT2D eigenvalue weighted by molar-refractivity contribution is 6.23. The molecule has 1 aliphatic rings. The Morgan fingerprint density at radius 1 is 1.00 bits per heavy atom. The Morgan fingerprint density at radius 2 is 1.77 bits per heavy atom. The molecule has 0 bridgehead atoms. The summed E-state index contributed by atoms with van der Waals surface area (Å²) in [4.78, 5) is 29.8. The number of carbonyl (C=O) groups excluding carboxylic acids is 2. The molecule has 3 aromatic rings. The molecule has 35 heavy (non-hydrogen) atoms. The first-order valence-corrected chi connectivity index (χ1v) is 11.2. The summed E-state index contributed by atoms with van der Waals surface area (Å²) in [5.74, 6) is -0.226. The molecule has 0 fully saturated rings. The van der Waals surface area contributed by atoms with Crippen molar-refractivity contribution in [2.45, 2.75) is 26.4 Å². The molecule has 4 rings (SSSR count). The van der Waals surface area contributed by atoms with Crippen molar-refractivity contribution < 1.29 is 19.1 Å². The second kappa shape index (κ2) is 11.1. The number of nitrogens with one attached hydrogen (secondary N) is 1. The van der Waals surface area contributed by atoms with Crippen LogP contribution >= 0.6 is 0 Å². The van der Waals surface area contributed by atoms with E-state index in [0.717, 1.165) is 16.8 Å². The summed E-state index contributed by atoms with van der Waals surface area (Å²) in [5, 5.41) is 9.01. The van der Waals surface area contributed by atoms with Gasteiger partial charge in [0.2, 0.25) is 0 Å². The number of hydrogen-bond acceptors (Lipinski definition) is 7. The Balaban J connectivity index is 1.71. The molecule has 8 heteroatoms. The topological polar surface area (TPSA) is 93.1 Å². The number of methoxy groups -OCH3 is 1. The number of carbonyl (C=O) groups is 2. The van der Waals surface area contributed by atoms with Crippen LogP contribution in [0.15, 0.2) is 95.4 Å². The van der Waals surface area contributed by atoms with Crippen molar-refractivity contribution >= 4 is 17.8 Å². The average molecular weight is 471 g/mol. The lowest BCUT2D eigenvalue weighted by molar-refractivity contribution is -0.133. The maximum Gasteiger partial charge on any atom is 0.309 e. The van der Waals surface area contributed by atoms with Gasteiger partial charge in [-0.05, 0) is 35.4 Å². The van der Waals surface area contributed by atoms with Crippen LogP contribution in [0.4, 0.5) is 0 Å². The Hall–Kier alpha value is -4.46. The first kappa shape index (κ1) is 23.7. The number of benzene rings is 2. The van der Waals surface area contributed by atoms with Crippen LogP contribution in [-0.4, -0.2) is 34.9 Å². The molecular formula is C27H26N4O4. The molecule has 8 nitrogen and oxygen atoms in total. The smallest absolute Gasteiger partial charge is 0.309 e. The van der Waals surface area contributed by atoms with Crippen LogP contribution in [0.1, 0.15) is 23.7 Å². The zero-order chi connectivity index (χ0) is 24.6. The van der Waals surface area contributed by atoms with Crippen LogP contribution in [0.25, 0.3) is 0 Å². The maximum atomic E-state index is 13.5. The highest BCUT2D eigenvalue weighted by atomic mass is 16.5. The molecule has 0 radical (unpaired) electrons. The molecule has 0 saturated carbocycles. The summed E-state index contributed by atoms with van der Waals surface area (Å²) in [6, 6.07) is 22.7. The van der Waals surface area contributed by atoms with Gasteiger partial charge in [-0.25, -0.2) is 5.01 Å². The lowest BCUT2D eigenvalue weighted by atomic mass is 10.0. The monoisotopic (exact) mass is 470 g/mol. The van der Waals surface area contributed by atoms with Crippen molar-refractivity contribution in [3.63, 3.8) is 0 Å². The molecule has 178 valence electrons. The second-order valence-corrected chi connectivity index (χ2v) is 7.90. The first-order chi connectivity index (χ1) is 17.0. The lowest BCUT2D eigenvalue weighted by Crippen LogP contribution is -2.27. The molecule has 1 N–H and O–H groups in total. The summed E-state index contributed by atoms with van der Waals surface area (Å²) >= 11 is 0. The largest absolute Gasteiger partial charge is 0.497 e. The second-order valence-electron chi connectivity index (χ2n) is 7.90. The van der Waals surface area contributed by atoms with E-state index in [9.17, 15) is 9.59 Å². The number of hydrazone groups is 1. The standard InChI is InChI=1S/C27H26N4O4/c1-19(32)35-26-25(27(33)31(30-26)18-20-9-4-3-5-10-20)24(29-17-22-12-6-7-14-28-22)16-21-11-8-13-23(15-21)34-2/h3-15,29H,16-18H2,1-2H3/b25-24-. The van der Waals surface area contributed by atoms with E-state index in [1.807, 2.05) is 72.8 Å². The van der Waals surface area contributed by atoms with E-state index in [1.54, 1.807) is 13.3 Å². The van der Waals surface area contributed by atoms with Gasteiger partial charge in [0.15, 0.2) is 0 Å². The maximum absolute atomic E-state index is 13.5. The third-order valence-electron chi connectivity index (χ3n) is 5.32. The molecule has 0 saturated heterocycles. The normalized spacial score (nSPS) is 14.4. The van der Waals surface area contributed by atoms with Gasteiger partial charge in [0.1, 0.15) is 11.3 Å². The molecule has 2 aromatic carbocycles. The highest BCUT2D eigenvalue weighted by Gasteiger charge is 2.35. The summed E-state index contributed by atoms with van der Waals surface area (Å²) < 4.78 is 10.7. The number of pyridine rings is 1. The Labute approximate surface area is 203 Å². The van der Waals surface area contributed by atoms with E-state index in [4.69, 9.17) is 9.47 Å². The van der Waals surface area contributed by atoms with E-state index < -0.39 is 5.97 Å². The van der Waals surface area contributed by atoms with Crippen LogP contribution in [-0.2, 0) is 33.8 Å². The van der Waals surface area contributed by atoms with Crippen molar-refractivity contribution in [2.24, 2.45) is 5.10 Å². The minimum absolute atomic E-state index is 0.0233. The molecule has 0 aliphatic carbocycles. The Bertz CT molecular complexity index is 1260. The van der Waals surface area contributed by atoms with Crippen LogP contribution in [0.5, 0.6) is 5.75 Å². The molecule has 0 atom stereocenters. The van der Waals surface area contributed by atoms with Crippen LogP contribution in [0, 0.1) is 0 Å². The Morgan fingerprint density at radius 3 is 2.49 bits per heavy atom. The zero-order valence-corrected chi connectivity index (χ0v) is 19.6. The molecule has 0 unspecified atom stereocenters. The third kappa shape index (κ3) is 6.11. The fourth-order valence-corrected chi connectivity index (χ4v) is 3.68. The van der Waals surface area contributed by atoms with Crippen molar-refractivity contribution in [1.82, 2.24) is 15.3 Å². The summed E-state index contributed by atoms with van der Waals surface area (Å²) in [6.07, 6.45) is 2.07. The van der Waals surface area contributed by atoms with E-state index >= 15 is 0 Å². The summed E-state index contributed by atoms with van der Waals surface area (Å²) in [7, 11) is 1.60. The molecule has 0 spiro atoms. The number of nitrogens with zero attached hydrogens (tertiary/aromatic N) is 3. The number of esters is 1. The minimum Gasteiger partial charge on any atom is -0.497 e. The molecule has 1 aliphatic heterocycles. The number of amides is 1. The average Bonchev–Trinajstić information content (AvgIpc) is 3.16. The first-order valence-electron chi connectivity index (χ1n) is 11.2. The van der Waals surface area contributed by atoms with Gasteiger partial charge in [0, 0.05) is 25.2 Å². The van der Waals surface area contributed by atoms with Crippen LogP contribution in [0.3, 0.4) is 0 Å². The molecule has 1 aromatic heterocycles. The Kier molecular flexibility index (Phi) is 7.52. The molecule has 1 amide bonds. The van der Waals surface area contributed by atoms with Crippen molar-refractivity contribution in [2.75, 3.05) is 7.11 Å². The van der Waals surface area contributed by atoms with Gasteiger partial charge in [-0.1, -0.05) is 48.5 Å². The van der Waals surface area contributed by atoms with Crippen molar-refractivity contribution in [3.8, 4) is 5.75 Å². The SMILES string of the molecule is COc1cccc(C/C(NCc2ccccn2)=C2/C(=O)N(Cc3ccccc3)N=C2OC(C)=O)c1. The number of ether oxygens (including phenoxy) is 2. The zero-order valence-electron chi connectivity index (χ0n) is 19.6. The van der Waals surface area contributed by atoms with Gasteiger partial charge < -0.3 is 14.8 Å². The fraction of sp³-hybridized carbons (Fsp3) is 0.185. The highest BCUT2D eigenvalue weighted by Crippen LogP contribution is 2.24. The van der Waals surface area contributed by atoms with Gasteiger partial charge in [0.05, 0.1) is 25.9 Å². The van der Waals surface area contributed by atoms with E-state index in [1.165, 1.54) is 11.9 Å². The quantitative estimate of drug-likeness (QED) is 0.400. The van der Waals surface area contributed by atoms with Crippen LogP contribution < -0.4 is 10.1 Å². The number of hydrogen-bond donors (Lipinski definition) is 1. The minimum atomic E-state index is -0.555. The molecule has 2 heterocycles. The number of rotatable bonds is 8. The van der Waals surface area contributed by atoms with Gasteiger partial charge in [-0.3, -0.25) is 14.6 Å². The summed E-state index contributed by atoms with van der Waals surface area (Å²) in [6.45, 7) is 1.91. The van der Waals surface area contributed by atoms with Gasteiger partial charge in [-0.2, -0.15) is 0 Å². The van der Waals surface area contributed by atoms with Gasteiger partial charge in [0.25, 0.3) is 11.8 Å². The van der Waals surface area contributed by atoms with E-state index in [-0.39, 0.29) is 23.9 Å². The van der Waals surface area contributed by atoms with E-state index in [2.05, 4.69) is 15.4 Å². The fourth-order valence-electron chi connectivity index (χ4n) is 3.68. The lowest BCUT2D eigenvalue weighted by Gasteiger charge is -2.16. The van der Waals surface area contributed by atoms with Crippen LogP contribution in [0.2, 0.25) is 0 Å². The van der Waals surface area contributed by atoms with Crippen molar-refractivity contribution in [1.29, 1.82) is 0 Å². The number of aromatic nitrogens is 1. The summed E-state index contributed by atoms with van der Waals surface area (Å²) in [5.41, 5.74) is 3.41. The van der Waals surface area contributed by atoms with Crippen molar-refractivity contribution in [3.05, 3.63) is 107 Å². The predicted octanol–water partition coefficient (Wildman–Crippen LogP) is 3.60. The van der Waals surface area contributed by atoms with Gasteiger partial charge >= 0.3 is 5.97 Å². The van der Waals surface area contributed by atoms with Gasteiger partial charge in [-0.15, -0.1) is 5.10 Å². The van der Waals surface area contributed by atoms with E-state index in [0.29, 0.717) is 24.4 Å². The molecular weight excluding hydrogens is 444 g/mol. The third-order valence-corrected chi connectivity index (χ3v) is 5.32. The predicted molar refractivity (Wildman–Crippen MR) is 131 cm³/mol. The number of allylic oxidation sites excluding steroid dienone is 1.